The number of aliphatic carboxylic acids is 2. The fourth-order valence-electron chi connectivity index (χ4n) is 1.96. The second kappa shape index (κ2) is 11.1. The van der Waals surface area contributed by atoms with Crippen molar-refractivity contribution in [2.24, 2.45) is 11.8 Å². The molecule has 2 atom stereocenters. The highest BCUT2D eigenvalue weighted by molar-refractivity contribution is 5.84. The molecule has 0 saturated heterocycles. The highest BCUT2D eigenvalue weighted by atomic mass is 16.5. The first kappa shape index (κ1) is 19.4. The lowest BCUT2D eigenvalue weighted by atomic mass is 9.91. The van der Waals surface area contributed by atoms with E-state index < -0.39 is 36.2 Å². The number of carbonyl (C=O) groups is 3. The molecule has 0 heterocycles. The van der Waals surface area contributed by atoms with E-state index in [0.29, 0.717) is 0 Å². The predicted octanol–water partition coefficient (Wildman–Crippen LogP) is 2.70. The number of carbonyl (C=O) groups excluding carboxylic acids is 1. The van der Waals surface area contributed by atoms with Crippen molar-refractivity contribution in [2.75, 3.05) is 6.61 Å². The summed E-state index contributed by atoms with van der Waals surface area (Å²) in [5.74, 6) is -5.54. The first-order chi connectivity index (χ1) is 9.90. The van der Waals surface area contributed by atoms with Gasteiger partial charge in [0.25, 0.3) is 0 Å². The molecule has 0 aromatic heterocycles. The Kier molecular flexibility index (Phi) is 10.3. The summed E-state index contributed by atoms with van der Waals surface area (Å²) in [6.45, 7) is 3.68. The average Bonchev–Trinajstić information content (AvgIpc) is 2.42. The summed E-state index contributed by atoms with van der Waals surface area (Å²) in [6.07, 6.45) is 5.96. The minimum atomic E-state index is -1.29. The molecule has 0 aliphatic rings. The van der Waals surface area contributed by atoms with Crippen LogP contribution >= 0.6 is 0 Å². The number of hydrogen-bond acceptors (Lipinski definition) is 4. The zero-order valence-corrected chi connectivity index (χ0v) is 12.8. The van der Waals surface area contributed by atoms with Crippen molar-refractivity contribution >= 4 is 17.9 Å². The van der Waals surface area contributed by atoms with Gasteiger partial charge >= 0.3 is 17.9 Å². The molecule has 2 N–H and O–H groups in total. The topological polar surface area (TPSA) is 101 Å². The molecule has 0 aliphatic heterocycles. The van der Waals surface area contributed by atoms with Crippen LogP contribution in [0.4, 0.5) is 0 Å². The number of hydrogen-bond donors (Lipinski definition) is 2. The Morgan fingerprint density at radius 2 is 1.52 bits per heavy atom. The highest BCUT2D eigenvalue weighted by Crippen LogP contribution is 2.17. The van der Waals surface area contributed by atoms with E-state index in [0.717, 1.165) is 19.3 Å². The van der Waals surface area contributed by atoms with Gasteiger partial charge in [0.15, 0.2) is 0 Å². The molecule has 122 valence electrons. The van der Waals surface area contributed by atoms with Gasteiger partial charge in [0.05, 0.1) is 24.9 Å². The molecule has 0 fully saturated rings. The average molecular weight is 302 g/mol. The number of esters is 1. The minimum absolute atomic E-state index is 0.263. The molecule has 0 aromatic rings. The second-order valence-corrected chi connectivity index (χ2v) is 5.26. The molecule has 21 heavy (non-hydrogen) atoms. The largest absolute Gasteiger partial charge is 0.481 e. The second-order valence-electron chi connectivity index (χ2n) is 5.26. The maximum absolute atomic E-state index is 11.5. The van der Waals surface area contributed by atoms with E-state index in [1.807, 2.05) is 0 Å². The molecule has 0 aromatic carbocycles. The molecule has 2 unspecified atom stereocenters. The fourth-order valence-corrected chi connectivity index (χ4v) is 1.96. The molecular formula is C15H26O6. The maximum Gasteiger partial charge on any atom is 0.307 e. The van der Waals surface area contributed by atoms with Crippen LogP contribution in [0.25, 0.3) is 0 Å². The zero-order valence-electron chi connectivity index (χ0n) is 12.8. The number of carboxylic acids is 2. The third-order valence-corrected chi connectivity index (χ3v) is 3.46. The van der Waals surface area contributed by atoms with Gasteiger partial charge in [0.2, 0.25) is 0 Å². The van der Waals surface area contributed by atoms with Crippen LogP contribution in [0.5, 0.6) is 0 Å². The van der Waals surface area contributed by atoms with Gasteiger partial charge in [-0.05, 0) is 6.42 Å². The summed E-state index contributed by atoms with van der Waals surface area (Å²) >= 11 is 0. The van der Waals surface area contributed by atoms with E-state index in [-0.39, 0.29) is 6.61 Å². The maximum atomic E-state index is 11.5. The first-order valence-corrected chi connectivity index (χ1v) is 7.51. The van der Waals surface area contributed by atoms with E-state index >= 15 is 0 Å². The summed E-state index contributed by atoms with van der Waals surface area (Å²) in [5, 5.41) is 17.8. The Bertz CT molecular complexity index is 339. The monoisotopic (exact) mass is 302 g/mol. The van der Waals surface area contributed by atoms with Crippen molar-refractivity contribution in [3.63, 3.8) is 0 Å². The van der Waals surface area contributed by atoms with Crippen molar-refractivity contribution in [1.29, 1.82) is 0 Å². The van der Waals surface area contributed by atoms with Gasteiger partial charge in [-0.1, -0.05) is 46.0 Å². The van der Waals surface area contributed by atoms with Gasteiger partial charge in [0.1, 0.15) is 0 Å². The standard InChI is InChI=1S/C15H26O6/c1-3-4-5-6-7-8-9-21-13(16)10-12(15(19)20)11(2)14(17)18/h11-12H,3-10H2,1-2H3,(H,17,18)(H,19,20). The van der Waals surface area contributed by atoms with Crippen molar-refractivity contribution < 1.29 is 29.3 Å². The normalized spacial score (nSPS) is 13.4. The Morgan fingerprint density at radius 3 is 2.05 bits per heavy atom. The van der Waals surface area contributed by atoms with Gasteiger partial charge < -0.3 is 14.9 Å². The number of rotatable bonds is 12. The molecule has 0 aliphatic carbocycles. The summed E-state index contributed by atoms with van der Waals surface area (Å²) in [7, 11) is 0. The van der Waals surface area contributed by atoms with Crippen LogP contribution in [0, 0.1) is 11.8 Å². The molecule has 0 radical (unpaired) electrons. The highest BCUT2D eigenvalue weighted by Gasteiger charge is 2.32. The molecule has 0 amide bonds. The lowest BCUT2D eigenvalue weighted by Crippen LogP contribution is -2.30. The number of carboxylic acid groups (broad SMARTS) is 2. The molecule has 0 spiro atoms. The number of ether oxygens (including phenoxy) is 1. The lowest BCUT2D eigenvalue weighted by molar-refractivity contribution is -0.158. The summed E-state index contributed by atoms with van der Waals surface area (Å²) < 4.78 is 4.96. The zero-order chi connectivity index (χ0) is 16.3. The smallest absolute Gasteiger partial charge is 0.307 e. The van der Waals surface area contributed by atoms with Gasteiger partial charge in [-0.3, -0.25) is 14.4 Å². The summed E-state index contributed by atoms with van der Waals surface area (Å²) in [6, 6.07) is 0. The fraction of sp³-hybridized carbons (Fsp3) is 0.800. The van der Waals surface area contributed by atoms with Gasteiger partial charge in [-0.15, -0.1) is 0 Å². The van der Waals surface area contributed by atoms with Crippen molar-refractivity contribution in [2.45, 2.75) is 58.8 Å². The van der Waals surface area contributed by atoms with Crippen LogP contribution in [-0.2, 0) is 19.1 Å². The molecule has 6 heteroatoms. The van der Waals surface area contributed by atoms with Crippen LogP contribution < -0.4 is 0 Å². The predicted molar refractivity (Wildman–Crippen MR) is 76.9 cm³/mol. The number of unbranched alkanes of at least 4 members (excludes halogenated alkanes) is 5. The lowest BCUT2D eigenvalue weighted by Gasteiger charge is -2.15. The van der Waals surface area contributed by atoms with Crippen molar-refractivity contribution in [3.8, 4) is 0 Å². The van der Waals surface area contributed by atoms with Crippen LogP contribution in [0.3, 0.4) is 0 Å². The first-order valence-electron chi connectivity index (χ1n) is 7.51. The Labute approximate surface area is 125 Å². The van der Waals surface area contributed by atoms with E-state index in [4.69, 9.17) is 14.9 Å². The van der Waals surface area contributed by atoms with Crippen LogP contribution in [0.2, 0.25) is 0 Å². The van der Waals surface area contributed by atoms with E-state index in [1.165, 1.54) is 26.2 Å². The van der Waals surface area contributed by atoms with E-state index in [2.05, 4.69) is 6.92 Å². The SMILES string of the molecule is CCCCCCCCOC(=O)CC(C(=O)O)C(C)C(=O)O. The van der Waals surface area contributed by atoms with E-state index in [1.54, 1.807) is 0 Å². The minimum Gasteiger partial charge on any atom is -0.481 e. The molecule has 6 nitrogen and oxygen atoms in total. The van der Waals surface area contributed by atoms with Gasteiger partial charge in [-0.25, -0.2) is 0 Å². The van der Waals surface area contributed by atoms with Crippen LogP contribution in [-0.4, -0.2) is 34.7 Å². The third-order valence-electron chi connectivity index (χ3n) is 3.46. The van der Waals surface area contributed by atoms with Crippen molar-refractivity contribution in [1.82, 2.24) is 0 Å². The Balaban J connectivity index is 3.94. The van der Waals surface area contributed by atoms with E-state index in [9.17, 15) is 14.4 Å². The Morgan fingerprint density at radius 1 is 0.952 bits per heavy atom. The Hall–Kier alpha value is -1.59. The quantitative estimate of drug-likeness (QED) is 0.424. The third kappa shape index (κ3) is 9.05. The van der Waals surface area contributed by atoms with Crippen LogP contribution in [0.15, 0.2) is 0 Å². The molecule has 0 rings (SSSR count). The van der Waals surface area contributed by atoms with Gasteiger partial charge in [0, 0.05) is 0 Å². The summed E-state index contributed by atoms with van der Waals surface area (Å²) in [5.41, 5.74) is 0. The molecule has 0 bridgehead atoms. The molecular weight excluding hydrogens is 276 g/mol. The van der Waals surface area contributed by atoms with Crippen molar-refractivity contribution in [3.05, 3.63) is 0 Å². The van der Waals surface area contributed by atoms with Gasteiger partial charge in [-0.2, -0.15) is 0 Å². The molecule has 0 saturated carbocycles. The summed E-state index contributed by atoms with van der Waals surface area (Å²) in [4.78, 5) is 33.3. The van der Waals surface area contributed by atoms with Crippen LogP contribution in [0.1, 0.15) is 58.8 Å².